The first-order valence-corrected chi connectivity index (χ1v) is 33.3. The molecule has 0 saturated carbocycles. The van der Waals surface area contributed by atoms with Gasteiger partial charge in [0.1, 0.15) is 0 Å². The second-order valence-electron chi connectivity index (χ2n) is 22.1. The van der Waals surface area contributed by atoms with Gasteiger partial charge in [-0.05, 0) is 0 Å². The summed E-state index contributed by atoms with van der Waals surface area (Å²) in [6.07, 6.45) is 0. The fraction of sp³-hybridized carbons (Fsp3) is 0.0789. The fourth-order valence-corrected chi connectivity index (χ4v) is 19.1. The van der Waals surface area contributed by atoms with Gasteiger partial charge in [0.25, 0.3) is 0 Å². The molecule has 0 fully saturated rings. The van der Waals surface area contributed by atoms with Crippen molar-refractivity contribution in [3.63, 3.8) is 0 Å². The molecule has 434 valence electrons. The van der Waals surface area contributed by atoms with E-state index >= 15 is 0 Å². The molecule has 0 radical (unpaired) electrons. The van der Waals surface area contributed by atoms with E-state index in [0.29, 0.717) is 84.8 Å². The number of nitrogens with zero attached hydrogens (tertiary/aromatic N) is 10. The molecule has 6 heterocycles. The molecule has 6 aliphatic heterocycles. The van der Waals surface area contributed by atoms with Crippen molar-refractivity contribution in [3.05, 3.63) is 266 Å². The quantitative estimate of drug-likeness (QED) is 0.170. The number of hydrogen-bond acceptors (Lipinski definition) is 10. The number of para-hydroxylation sites is 8. The van der Waals surface area contributed by atoms with E-state index in [9.17, 15) is 16.4 Å². The Hall–Kier alpha value is -9.72. The Balaban J connectivity index is 0.937. The molecule has 88 heavy (non-hydrogen) atoms. The van der Waals surface area contributed by atoms with Gasteiger partial charge in [-0.25, -0.2) is 0 Å². The van der Waals surface area contributed by atoms with E-state index in [0.717, 1.165) is 67.5 Å². The van der Waals surface area contributed by atoms with Crippen LogP contribution in [0.25, 0.3) is 22.3 Å². The summed E-state index contributed by atoms with van der Waals surface area (Å²) in [5.74, 6) is 0. The molecular formula is C76H60N10Pt2. The van der Waals surface area contributed by atoms with E-state index in [-0.39, 0.29) is 0 Å². The first-order valence-electron chi connectivity index (χ1n) is 34.7. The van der Waals surface area contributed by atoms with Gasteiger partial charge in [0.2, 0.25) is 0 Å². The van der Waals surface area contributed by atoms with Gasteiger partial charge in [-0.3, -0.25) is 0 Å². The van der Waals surface area contributed by atoms with Gasteiger partial charge in [-0.2, -0.15) is 0 Å². The second kappa shape index (κ2) is 20.4. The molecule has 0 aromatic heterocycles. The average molecular weight is 1520 g/mol. The van der Waals surface area contributed by atoms with Gasteiger partial charge in [-0.1, -0.05) is 0 Å². The molecule has 6 aliphatic rings. The number of hydrogen-bond donors (Lipinski definition) is 0. The summed E-state index contributed by atoms with van der Waals surface area (Å²) in [4.78, 5) is 18.2. The van der Waals surface area contributed by atoms with Crippen LogP contribution in [-0.2, 0) is 35.3 Å². The molecule has 0 aliphatic carbocycles. The number of anilines is 18. The van der Waals surface area contributed by atoms with Crippen molar-refractivity contribution < 1.29 is 51.7 Å². The minimum absolute atomic E-state index is 0.450. The van der Waals surface area contributed by atoms with E-state index in [1.54, 1.807) is 0 Å². The fourth-order valence-electron chi connectivity index (χ4n) is 12.8. The summed E-state index contributed by atoms with van der Waals surface area (Å²) in [6.45, 7) is -6.56. The summed E-state index contributed by atoms with van der Waals surface area (Å²) in [5.41, 5.74) is 17.1. The molecule has 12 heteroatoms. The van der Waals surface area contributed by atoms with Crippen LogP contribution in [0.4, 0.5) is 102 Å². The Morgan fingerprint density at radius 1 is 0.227 bits per heavy atom. The number of fused-ring (bicyclic) bond motifs is 24. The first-order chi connectivity index (χ1) is 48.0. The van der Waals surface area contributed by atoms with Gasteiger partial charge >= 0.3 is 550 Å². The first kappa shape index (κ1) is 41.4. The van der Waals surface area contributed by atoms with Gasteiger partial charge < -0.3 is 0 Å². The minimum atomic E-state index is -2.69. The third kappa shape index (κ3) is 8.15. The third-order valence-electron chi connectivity index (χ3n) is 16.8. The molecule has 11 aromatic rings. The Kier molecular flexibility index (Phi) is 9.62. The molecule has 0 N–H and O–H groups in total. The maximum absolute atomic E-state index is 9.30. The van der Waals surface area contributed by atoms with Crippen LogP contribution >= 0.6 is 0 Å². The van der Waals surface area contributed by atoms with E-state index in [2.05, 4.69) is 121 Å². The third-order valence-corrected chi connectivity index (χ3v) is 22.9. The van der Waals surface area contributed by atoms with Crippen LogP contribution in [0.15, 0.2) is 255 Å². The molecule has 10 nitrogen and oxygen atoms in total. The van der Waals surface area contributed by atoms with Crippen LogP contribution in [0.3, 0.4) is 0 Å². The van der Waals surface area contributed by atoms with Crippen molar-refractivity contribution in [3.8, 4) is 22.3 Å². The molecule has 0 atom stereocenters. The summed E-state index contributed by atoms with van der Waals surface area (Å²) < 4.78 is 113. The van der Waals surface area contributed by atoms with Gasteiger partial charge in [0, 0.05) is 0 Å². The van der Waals surface area contributed by atoms with Gasteiger partial charge in [0.15, 0.2) is 0 Å². The van der Waals surface area contributed by atoms with E-state index < -0.39 is 63.2 Å². The van der Waals surface area contributed by atoms with Crippen LogP contribution in [-0.4, -0.2) is 44.5 Å². The van der Waals surface area contributed by atoms with Crippen LogP contribution in [0.1, 0.15) is 27.6 Å². The number of aryl methyl sites for hydroxylation is 2. The van der Waals surface area contributed by atoms with Crippen LogP contribution in [0, 0.1) is 13.8 Å². The number of benzene rings is 11. The van der Waals surface area contributed by atoms with Crippen molar-refractivity contribution in [2.24, 2.45) is 0 Å². The summed E-state index contributed by atoms with van der Waals surface area (Å²) in [7, 11) is 0. The topological polar surface area (TPSA) is 32.4 Å². The Morgan fingerprint density at radius 2 is 0.489 bits per heavy atom. The predicted molar refractivity (Wildman–Crippen MR) is 364 cm³/mol. The molecule has 17 rings (SSSR count). The van der Waals surface area contributed by atoms with Crippen molar-refractivity contribution in [1.82, 2.24) is 0 Å². The van der Waals surface area contributed by atoms with Crippen molar-refractivity contribution in [2.75, 3.05) is 76.9 Å². The summed E-state index contributed by atoms with van der Waals surface area (Å²) in [6, 6.07) is 83.4. The molecule has 11 aromatic carbocycles. The second-order valence-corrected chi connectivity index (χ2v) is 27.3. The Labute approximate surface area is 546 Å². The molecule has 8 bridgehead atoms. The van der Waals surface area contributed by atoms with Crippen LogP contribution in [0.5, 0.6) is 0 Å². The number of rotatable bonds is 4. The van der Waals surface area contributed by atoms with Gasteiger partial charge in [0.05, 0.1) is 0 Å². The molecular weight excluding hydrogens is 1440 g/mol. The molecule has 0 saturated heterocycles. The van der Waals surface area contributed by atoms with Crippen molar-refractivity contribution in [1.29, 1.82) is 0 Å². The van der Waals surface area contributed by atoms with E-state index in [4.69, 9.17) is 0 Å². The normalized spacial score (nSPS) is 18.0. The monoisotopic (exact) mass is 1510 g/mol. The zero-order valence-electron chi connectivity index (χ0n) is 59.4. The van der Waals surface area contributed by atoms with Gasteiger partial charge in [-0.15, -0.1) is 0 Å². The van der Waals surface area contributed by atoms with E-state index in [1.807, 2.05) is 177 Å². The van der Waals surface area contributed by atoms with E-state index in [1.165, 1.54) is 19.6 Å². The summed E-state index contributed by atoms with van der Waals surface area (Å²) >= 11 is -3.46. The Morgan fingerprint density at radius 3 is 0.807 bits per heavy atom. The molecule has 0 unspecified atom stereocenters. The maximum atomic E-state index is 9.30. The van der Waals surface area contributed by atoms with Crippen molar-refractivity contribution in [2.45, 2.75) is 13.8 Å². The van der Waals surface area contributed by atoms with Crippen molar-refractivity contribution >= 4 is 119 Å². The predicted octanol–water partition coefficient (Wildman–Crippen LogP) is 17.5. The van der Waals surface area contributed by atoms with Crippen LogP contribution in [0.2, 0.25) is 0 Å². The molecule has 0 spiro atoms. The molecule has 0 amide bonds. The average Bonchev–Trinajstić information content (AvgIpc) is 1.56. The Bertz CT molecular complexity index is 5050. The zero-order valence-corrected chi connectivity index (χ0v) is 51.9. The van der Waals surface area contributed by atoms with Crippen LogP contribution < -0.4 is 49.0 Å². The SMILES string of the molecule is [2H]C([2H])([2H])N1[C]2=[Pt]=[C]3N(c4cc(-c5ccccc5)cc(c4)N(c4cc(C)c(N5c6cccc(c6)N6[C](=[Pt]=[C]7N(c8cc(-c9ccccc9)cc5c8)c5ccccc5N7C([2H])([2H])[2H])N(C([2H])([2H])[2H])c5ccccc56)cc4C)c4cccc(c4)N2c2ccccc21)c1ccccc1N3C([2H])([2H])[2H]. The summed E-state index contributed by atoms with van der Waals surface area (Å²) in [5, 5.41) is 0. The zero-order chi connectivity index (χ0) is 69.1. The standard InChI is InChI=1S/C76H60N10.2Pt/c1-53-39-76(86(62-30-22-28-60(46-62)82-50-78(4)68-32-14-18-36-72(68)82)66-44-58(56-25-11-8-12-26-56)42-64(48-66)84-52-80(6)70-34-16-20-38-74(70)84)54(2)40-75(53)85(61-29-21-27-59(45-61)81-49-77(3)67-31-13-17-35-71(67)81)65-43-57(55-23-9-7-10-24-55)41-63(47-65)83-51-79(5)69-33-15-19-37-73(69)83;;/h7-48H,1-6H3;;/i3D3,4D3,5D3,6D3;;.